The van der Waals surface area contributed by atoms with Crippen LogP contribution >= 0.6 is 0 Å². The molecule has 2 aromatic rings. The topological polar surface area (TPSA) is 51.8 Å². The second kappa shape index (κ2) is 3.40. The Morgan fingerprint density at radius 2 is 2.06 bits per heavy atom. The Bertz CT molecular complexity index is 549. The summed E-state index contributed by atoms with van der Waals surface area (Å²) in [4.78, 5) is 8.71. The van der Waals surface area contributed by atoms with Crippen LogP contribution in [0.4, 0.5) is 10.2 Å². The van der Waals surface area contributed by atoms with Crippen LogP contribution < -0.4 is 5.73 Å². The first-order valence-corrected chi connectivity index (χ1v) is 5.47. The summed E-state index contributed by atoms with van der Waals surface area (Å²) in [5.74, 6) is 1.32. The molecular weight excluding hydrogens is 205 g/mol. The number of halogens is 1. The summed E-state index contributed by atoms with van der Waals surface area (Å²) >= 11 is 0. The highest BCUT2D eigenvalue weighted by atomic mass is 19.1. The van der Waals surface area contributed by atoms with Crippen LogP contribution in [-0.4, -0.2) is 9.97 Å². The van der Waals surface area contributed by atoms with E-state index in [1.165, 1.54) is 18.6 Å². The summed E-state index contributed by atoms with van der Waals surface area (Å²) in [6.07, 6.45) is 3.49. The van der Waals surface area contributed by atoms with Crippen LogP contribution in [0.1, 0.15) is 31.0 Å². The van der Waals surface area contributed by atoms with Gasteiger partial charge >= 0.3 is 0 Å². The number of nitrogens with two attached hydrogens (primary N) is 1. The molecule has 1 aliphatic rings. The zero-order valence-electron chi connectivity index (χ0n) is 8.78. The average Bonchev–Trinajstić information content (AvgIpc) is 2.17. The van der Waals surface area contributed by atoms with Gasteiger partial charge < -0.3 is 5.73 Å². The molecule has 2 N–H and O–H groups in total. The number of nitrogen functional groups attached to an aromatic ring is 1. The molecule has 1 fully saturated rings. The largest absolute Gasteiger partial charge is 0.383 e. The molecule has 1 heterocycles. The maximum atomic E-state index is 13.0. The molecule has 3 rings (SSSR count). The Balaban J connectivity index is 2.17. The summed E-state index contributed by atoms with van der Waals surface area (Å²) in [7, 11) is 0. The van der Waals surface area contributed by atoms with Gasteiger partial charge in [0.1, 0.15) is 17.5 Å². The van der Waals surface area contributed by atoms with Gasteiger partial charge in [-0.05, 0) is 31.0 Å². The Hall–Kier alpha value is -1.71. The van der Waals surface area contributed by atoms with Crippen molar-refractivity contribution in [3.8, 4) is 0 Å². The minimum Gasteiger partial charge on any atom is -0.383 e. The molecule has 0 spiro atoms. The predicted molar refractivity (Wildman–Crippen MR) is 60.5 cm³/mol. The van der Waals surface area contributed by atoms with Gasteiger partial charge in [0.2, 0.25) is 0 Å². The van der Waals surface area contributed by atoms with Crippen molar-refractivity contribution in [2.75, 3.05) is 5.73 Å². The summed E-state index contributed by atoms with van der Waals surface area (Å²) < 4.78 is 13.0. The van der Waals surface area contributed by atoms with Crippen molar-refractivity contribution >= 4 is 16.7 Å². The molecule has 0 unspecified atom stereocenters. The lowest BCUT2D eigenvalue weighted by molar-refractivity contribution is 0.403. The molecule has 0 bridgehead atoms. The highest BCUT2D eigenvalue weighted by Gasteiger charge is 2.23. The minimum absolute atomic E-state index is 0.306. The molecule has 0 atom stereocenters. The molecule has 1 aliphatic carbocycles. The maximum Gasteiger partial charge on any atom is 0.135 e. The van der Waals surface area contributed by atoms with Crippen LogP contribution in [0.3, 0.4) is 0 Å². The molecule has 0 radical (unpaired) electrons. The number of hydrogen-bond acceptors (Lipinski definition) is 3. The Morgan fingerprint density at radius 1 is 1.25 bits per heavy atom. The predicted octanol–water partition coefficient (Wildman–Crippen LogP) is 2.62. The summed E-state index contributed by atoms with van der Waals surface area (Å²) in [6, 6.07) is 4.44. The smallest absolute Gasteiger partial charge is 0.135 e. The van der Waals surface area contributed by atoms with Crippen LogP contribution in [0, 0.1) is 5.82 Å². The van der Waals surface area contributed by atoms with Crippen LogP contribution in [0.25, 0.3) is 10.9 Å². The van der Waals surface area contributed by atoms with E-state index in [4.69, 9.17) is 5.73 Å². The van der Waals surface area contributed by atoms with Crippen molar-refractivity contribution in [2.24, 2.45) is 0 Å². The second-order valence-corrected chi connectivity index (χ2v) is 4.26. The van der Waals surface area contributed by atoms with Gasteiger partial charge in [-0.2, -0.15) is 0 Å². The van der Waals surface area contributed by atoms with E-state index in [0.717, 1.165) is 24.2 Å². The molecular formula is C12H12FN3. The number of rotatable bonds is 1. The van der Waals surface area contributed by atoms with E-state index in [9.17, 15) is 4.39 Å². The Labute approximate surface area is 92.5 Å². The number of anilines is 1. The first-order valence-electron chi connectivity index (χ1n) is 5.47. The van der Waals surface area contributed by atoms with Gasteiger partial charge in [0.25, 0.3) is 0 Å². The third-order valence-electron chi connectivity index (χ3n) is 3.17. The SMILES string of the molecule is Nc1nc(C2CCC2)nc2ccc(F)cc12. The minimum atomic E-state index is -0.306. The van der Waals surface area contributed by atoms with Gasteiger partial charge in [0.05, 0.1) is 5.52 Å². The summed E-state index contributed by atoms with van der Waals surface area (Å²) in [5.41, 5.74) is 6.56. The third kappa shape index (κ3) is 1.41. The highest BCUT2D eigenvalue weighted by molar-refractivity contribution is 5.87. The second-order valence-electron chi connectivity index (χ2n) is 4.26. The van der Waals surface area contributed by atoms with Crippen LogP contribution in [0.5, 0.6) is 0 Å². The van der Waals surface area contributed by atoms with Crippen molar-refractivity contribution in [3.05, 3.63) is 29.8 Å². The fourth-order valence-electron chi connectivity index (χ4n) is 1.99. The highest BCUT2D eigenvalue weighted by Crippen LogP contribution is 2.35. The quantitative estimate of drug-likeness (QED) is 0.798. The van der Waals surface area contributed by atoms with Gasteiger partial charge in [-0.25, -0.2) is 14.4 Å². The van der Waals surface area contributed by atoms with Gasteiger partial charge in [-0.3, -0.25) is 0 Å². The van der Waals surface area contributed by atoms with Crippen LogP contribution in [-0.2, 0) is 0 Å². The number of nitrogens with zero attached hydrogens (tertiary/aromatic N) is 2. The molecule has 4 heteroatoms. The monoisotopic (exact) mass is 217 g/mol. The molecule has 3 nitrogen and oxygen atoms in total. The van der Waals surface area contributed by atoms with Gasteiger partial charge in [-0.15, -0.1) is 0 Å². The van der Waals surface area contributed by atoms with Gasteiger partial charge in [-0.1, -0.05) is 6.42 Å². The summed E-state index contributed by atoms with van der Waals surface area (Å²) in [5, 5.41) is 0.600. The fraction of sp³-hybridized carbons (Fsp3) is 0.333. The van der Waals surface area contributed by atoms with Crippen molar-refractivity contribution in [3.63, 3.8) is 0 Å². The van der Waals surface area contributed by atoms with E-state index < -0.39 is 0 Å². The summed E-state index contributed by atoms with van der Waals surface area (Å²) in [6.45, 7) is 0. The molecule has 82 valence electrons. The van der Waals surface area contributed by atoms with E-state index in [1.54, 1.807) is 6.07 Å². The number of aromatic nitrogens is 2. The van der Waals surface area contributed by atoms with Crippen molar-refractivity contribution in [1.82, 2.24) is 9.97 Å². The van der Waals surface area contributed by atoms with E-state index in [1.807, 2.05) is 0 Å². The Kier molecular flexibility index (Phi) is 2.02. The van der Waals surface area contributed by atoms with E-state index in [0.29, 0.717) is 17.1 Å². The van der Waals surface area contributed by atoms with Crippen molar-refractivity contribution in [1.29, 1.82) is 0 Å². The van der Waals surface area contributed by atoms with Crippen LogP contribution in [0.2, 0.25) is 0 Å². The van der Waals surface area contributed by atoms with E-state index in [-0.39, 0.29) is 5.82 Å². The number of benzene rings is 1. The number of hydrogen-bond donors (Lipinski definition) is 1. The van der Waals surface area contributed by atoms with E-state index in [2.05, 4.69) is 9.97 Å². The fourth-order valence-corrected chi connectivity index (χ4v) is 1.99. The first-order chi connectivity index (χ1) is 7.74. The molecule has 1 saturated carbocycles. The average molecular weight is 217 g/mol. The third-order valence-corrected chi connectivity index (χ3v) is 3.17. The molecule has 16 heavy (non-hydrogen) atoms. The zero-order valence-corrected chi connectivity index (χ0v) is 8.78. The molecule has 0 amide bonds. The molecule has 0 aliphatic heterocycles. The van der Waals surface area contributed by atoms with Crippen molar-refractivity contribution in [2.45, 2.75) is 25.2 Å². The van der Waals surface area contributed by atoms with Crippen LogP contribution in [0.15, 0.2) is 18.2 Å². The number of fused-ring (bicyclic) bond motifs is 1. The lowest BCUT2D eigenvalue weighted by Crippen LogP contribution is -2.13. The zero-order chi connectivity index (χ0) is 11.1. The standard InChI is InChI=1S/C12H12FN3/c13-8-4-5-10-9(6-8)11(14)16-12(15-10)7-2-1-3-7/h4-7H,1-3H2,(H2,14,15,16). The molecule has 1 aromatic carbocycles. The lowest BCUT2D eigenvalue weighted by Gasteiger charge is -2.24. The maximum absolute atomic E-state index is 13.0. The molecule has 1 aromatic heterocycles. The molecule has 0 saturated heterocycles. The normalized spacial score (nSPS) is 16.3. The lowest BCUT2D eigenvalue weighted by atomic mass is 9.85. The van der Waals surface area contributed by atoms with Crippen molar-refractivity contribution < 1.29 is 4.39 Å². The van der Waals surface area contributed by atoms with Gasteiger partial charge in [0, 0.05) is 11.3 Å². The van der Waals surface area contributed by atoms with Gasteiger partial charge in [0.15, 0.2) is 0 Å². The Morgan fingerprint density at radius 3 is 2.75 bits per heavy atom. The first kappa shape index (κ1) is 9.51. The van der Waals surface area contributed by atoms with E-state index >= 15 is 0 Å².